The Morgan fingerprint density at radius 3 is 2.41 bits per heavy atom. The highest BCUT2D eigenvalue weighted by Gasteiger charge is 2.44. The topological polar surface area (TPSA) is 145 Å². The third-order valence-electron chi connectivity index (χ3n) is 6.86. The molecule has 0 bridgehead atoms. The van der Waals surface area contributed by atoms with Gasteiger partial charge in [-0.1, -0.05) is 20.8 Å². The van der Waals surface area contributed by atoms with E-state index >= 15 is 0 Å². The number of rotatable bonds is 10. The zero-order valence-corrected chi connectivity index (χ0v) is 24.2. The number of thioether (sulfide) groups is 1. The molecule has 0 aromatic heterocycles. The van der Waals surface area contributed by atoms with Crippen molar-refractivity contribution in [2.75, 3.05) is 25.1 Å². The highest BCUT2D eigenvalue weighted by molar-refractivity contribution is 7.99. The number of hydrogen-bond donors (Lipinski definition) is 1. The zero-order chi connectivity index (χ0) is 28.0. The zero-order valence-electron chi connectivity index (χ0n) is 22.4. The Balaban J connectivity index is 2.02. The van der Waals surface area contributed by atoms with E-state index in [2.05, 4.69) is 33.9 Å². The van der Waals surface area contributed by atoms with E-state index in [9.17, 15) is 24.5 Å². The van der Waals surface area contributed by atoms with Gasteiger partial charge in [-0.15, -0.1) is 0 Å². The molecule has 1 aromatic carbocycles. The smallest absolute Gasteiger partial charge is 0.410 e. The number of hydrogen-bond acceptors (Lipinski definition) is 8. The number of non-ortho nitro benzene ring substituents is 1. The predicted molar refractivity (Wildman–Crippen MR) is 145 cm³/mol. The van der Waals surface area contributed by atoms with Crippen LogP contribution >= 0.6 is 11.8 Å². The number of nitrogens with two attached hydrogens (primary N) is 1. The number of ether oxygens (including phenoxy) is 1. The number of carbonyl (C=O) groups is 3. The first-order chi connectivity index (χ1) is 17.1. The van der Waals surface area contributed by atoms with Gasteiger partial charge in [-0.25, -0.2) is 9.59 Å². The number of primary amides is 1. The molecule has 0 radical (unpaired) electrons. The first kappa shape index (κ1) is 30.6. The van der Waals surface area contributed by atoms with Gasteiger partial charge in [0.2, 0.25) is 5.91 Å². The van der Waals surface area contributed by atoms with Gasteiger partial charge in [0.25, 0.3) is 5.69 Å². The molecule has 0 spiro atoms. The van der Waals surface area contributed by atoms with Gasteiger partial charge >= 0.3 is 12.1 Å². The molecule has 0 saturated carbocycles. The second-order valence-corrected chi connectivity index (χ2v) is 16.5. The monoisotopic (exact) mass is 554 g/mol. The molecule has 1 aliphatic rings. The Hall–Kier alpha value is -2.64. The van der Waals surface area contributed by atoms with Crippen LogP contribution in [0.25, 0.3) is 0 Å². The molecule has 1 fully saturated rings. The lowest BCUT2D eigenvalue weighted by Crippen LogP contribution is -2.44. The van der Waals surface area contributed by atoms with Gasteiger partial charge in [0.1, 0.15) is 6.61 Å². The molecule has 0 aliphatic carbocycles. The van der Waals surface area contributed by atoms with E-state index in [0.717, 1.165) is 4.90 Å². The van der Waals surface area contributed by atoms with Crippen LogP contribution in [0.1, 0.15) is 39.2 Å². The average molecular weight is 555 g/mol. The van der Waals surface area contributed by atoms with Gasteiger partial charge < -0.3 is 19.8 Å². The van der Waals surface area contributed by atoms with E-state index in [-0.39, 0.29) is 41.8 Å². The first-order valence-electron chi connectivity index (χ1n) is 12.1. The lowest BCUT2D eigenvalue weighted by Gasteiger charge is -2.38. The number of nitro benzene ring substituents is 1. The summed E-state index contributed by atoms with van der Waals surface area (Å²) in [5.41, 5.74) is 5.76. The van der Waals surface area contributed by atoms with E-state index in [1.807, 2.05) is 0 Å². The summed E-state index contributed by atoms with van der Waals surface area (Å²) < 4.78 is 12.1. The molecule has 13 heteroatoms. The molecule has 1 aromatic rings. The van der Waals surface area contributed by atoms with Crippen molar-refractivity contribution in [1.29, 1.82) is 0 Å². The first-order valence-corrected chi connectivity index (χ1v) is 16.2. The maximum absolute atomic E-state index is 13.0. The molecule has 1 aliphatic heterocycles. The molecule has 2 rings (SSSR count). The molecular formula is C24H38N4O7SSi. The van der Waals surface area contributed by atoms with E-state index in [1.165, 1.54) is 30.9 Å². The molecule has 206 valence electrons. The summed E-state index contributed by atoms with van der Waals surface area (Å²) in [5.74, 6) is 0.703. The van der Waals surface area contributed by atoms with Crippen LogP contribution in [0.15, 0.2) is 24.3 Å². The Labute approximate surface area is 223 Å². The molecule has 1 saturated heterocycles. The number of carbonyl (C=O) groups excluding carboxylic acids is 3. The van der Waals surface area contributed by atoms with Crippen LogP contribution in [0.4, 0.5) is 15.3 Å². The van der Waals surface area contributed by atoms with Crippen LogP contribution in [0.3, 0.4) is 0 Å². The quantitative estimate of drug-likeness (QED) is 0.194. The molecular weight excluding hydrogens is 516 g/mol. The second-order valence-electron chi connectivity index (χ2n) is 10.6. The Morgan fingerprint density at radius 1 is 1.24 bits per heavy atom. The summed E-state index contributed by atoms with van der Waals surface area (Å²) in [4.78, 5) is 49.1. The van der Waals surface area contributed by atoms with Crippen molar-refractivity contribution in [3.8, 4) is 0 Å². The molecule has 2 N–H and O–H groups in total. The van der Waals surface area contributed by atoms with Crippen LogP contribution in [-0.2, 0) is 20.6 Å². The highest BCUT2D eigenvalue weighted by atomic mass is 32.2. The van der Waals surface area contributed by atoms with Crippen molar-refractivity contribution in [3.05, 3.63) is 39.9 Å². The van der Waals surface area contributed by atoms with E-state index in [4.69, 9.17) is 14.9 Å². The number of likely N-dealkylation sites (tertiary alicyclic amines) is 1. The van der Waals surface area contributed by atoms with Gasteiger partial charge in [-0.05, 0) is 42.2 Å². The maximum atomic E-state index is 13.0. The summed E-state index contributed by atoms with van der Waals surface area (Å²) in [6.07, 6.45) is 0.211. The lowest BCUT2D eigenvalue weighted by molar-refractivity contribution is -0.384. The second kappa shape index (κ2) is 12.7. The summed E-state index contributed by atoms with van der Waals surface area (Å²) in [7, 11) is -0.716. The summed E-state index contributed by atoms with van der Waals surface area (Å²) in [5, 5.41) is 10.9. The number of benzene rings is 1. The Kier molecular flexibility index (Phi) is 10.5. The third kappa shape index (κ3) is 8.71. The van der Waals surface area contributed by atoms with Crippen molar-refractivity contribution in [3.63, 3.8) is 0 Å². The highest BCUT2D eigenvalue weighted by Crippen LogP contribution is 2.39. The number of nitrogens with zero attached hydrogens (tertiary/aromatic N) is 3. The fourth-order valence-electron chi connectivity index (χ4n) is 3.55. The van der Waals surface area contributed by atoms with E-state index in [1.54, 1.807) is 17.0 Å². The van der Waals surface area contributed by atoms with Gasteiger partial charge in [0.15, 0.2) is 8.32 Å². The normalized spacial score (nSPS) is 17.9. The Morgan fingerprint density at radius 2 is 1.86 bits per heavy atom. The molecule has 4 amide bonds. The van der Waals surface area contributed by atoms with E-state index < -0.39 is 25.4 Å². The number of amides is 4. The maximum Gasteiger partial charge on any atom is 0.410 e. The molecule has 11 nitrogen and oxygen atoms in total. The fraction of sp³-hybridized carbons (Fsp3) is 0.625. The molecule has 2 atom stereocenters. The summed E-state index contributed by atoms with van der Waals surface area (Å²) in [6, 6.07) is 4.93. The van der Waals surface area contributed by atoms with Crippen molar-refractivity contribution >= 4 is 43.8 Å². The van der Waals surface area contributed by atoms with Gasteiger partial charge in [-0.2, -0.15) is 11.8 Å². The number of nitro groups is 1. The number of imide groups is 1. The van der Waals surface area contributed by atoms with Crippen LogP contribution < -0.4 is 5.73 Å². The SMILES string of the molecule is CN(C(N)=O)C(=O)CCSC[C@@H]1C[C@H](O[Si](C)(C)C(C)(C)C)CN1C(=O)OCc1ccc([N+](=O)[O-])cc1. The van der Waals surface area contributed by atoms with Gasteiger partial charge in [0.05, 0.1) is 11.0 Å². The molecule has 1 heterocycles. The van der Waals surface area contributed by atoms with Gasteiger partial charge in [0, 0.05) is 49.7 Å². The standard InChI is InChI=1S/C24H38N4O7SSi/c1-24(2,3)37(5,6)35-20-13-19(16-36-12-11-21(29)26(4)22(25)30)27(14-20)23(31)34-15-17-7-9-18(10-8-17)28(32)33/h7-10,19-20H,11-16H2,1-6H3,(H2,25,30)/t19-,20-/m0/s1. The molecule has 0 unspecified atom stereocenters. The third-order valence-corrected chi connectivity index (χ3v) is 12.5. The van der Waals surface area contributed by atoms with Crippen LogP contribution in [0.2, 0.25) is 18.1 Å². The van der Waals surface area contributed by atoms with E-state index in [0.29, 0.717) is 30.0 Å². The minimum atomic E-state index is -2.06. The van der Waals surface area contributed by atoms with Crippen molar-refractivity contribution < 1.29 is 28.5 Å². The fourth-order valence-corrected chi connectivity index (χ4v) is 5.98. The predicted octanol–water partition coefficient (Wildman–Crippen LogP) is 4.36. The van der Waals surface area contributed by atoms with Crippen LogP contribution in [-0.4, -0.2) is 78.3 Å². The summed E-state index contributed by atoms with van der Waals surface area (Å²) in [6.45, 7) is 11.2. The van der Waals surface area contributed by atoms with Gasteiger partial charge in [-0.3, -0.25) is 19.8 Å². The average Bonchev–Trinajstić information content (AvgIpc) is 3.20. The van der Waals surface area contributed by atoms with Crippen molar-refractivity contribution in [1.82, 2.24) is 9.80 Å². The Bertz CT molecular complexity index is 984. The van der Waals surface area contributed by atoms with Crippen LogP contribution in [0, 0.1) is 10.1 Å². The van der Waals surface area contributed by atoms with Crippen LogP contribution in [0.5, 0.6) is 0 Å². The minimum absolute atomic E-state index is 0.00506. The van der Waals surface area contributed by atoms with Crippen molar-refractivity contribution in [2.24, 2.45) is 5.73 Å². The largest absolute Gasteiger partial charge is 0.445 e. The number of urea groups is 1. The van der Waals surface area contributed by atoms with Crippen molar-refractivity contribution in [2.45, 2.75) is 70.5 Å². The minimum Gasteiger partial charge on any atom is -0.445 e. The lowest BCUT2D eigenvalue weighted by atomic mass is 10.2. The molecule has 37 heavy (non-hydrogen) atoms. The summed E-state index contributed by atoms with van der Waals surface area (Å²) >= 11 is 1.52.